The first-order valence-corrected chi connectivity index (χ1v) is 9.57. The van der Waals surface area contributed by atoms with Crippen LogP contribution in [0.4, 0.5) is 10.5 Å². The van der Waals surface area contributed by atoms with Gasteiger partial charge in [0.05, 0.1) is 6.10 Å². The predicted octanol–water partition coefficient (Wildman–Crippen LogP) is 3.72. The number of aryl methyl sites for hydroxylation is 1. The maximum Gasteiger partial charge on any atom is 0.319 e. The normalized spacial score (nSPS) is 16.6. The van der Waals surface area contributed by atoms with Crippen molar-refractivity contribution in [2.45, 2.75) is 30.3 Å². The standard InChI is InChI=1S/C19H23N3O2S/c23-19(21-14-17-5-3-12-24-17)22-16-6-8-18(9-7-16)25-13-10-15-4-1-2-11-20-15/h1-2,4,6-9,11,17H,3,5,10,12-14H2,(H2,21,22,23)/t17-/m0/s1. The van der Waals surface area contributed by atoms with Gasteiger partial charge in [0, 0.05) is 41.4 Å². The SMILES string of the molecule is O=C(NC[C@@H]1CCCO1)Nc1ccc(SCCc2ccccn2)cc1. The van der Waals surface area contributed by atoms with Gasteiger partial charge in [0.2, 0.25) is 0 Å². The number of rotatable bonds is 7. The Morgan fingerprint density at radius 2 is 2.12 bits per heavy atom. The van der Waals surface area contributed by atoms with Crippen LogP contribution in [-0.4, -0.2) is 36.0 Å². The number of nitrogens with one attached hydrogen (secondary N) is 2. The molecule has 0 unspecified atom stereocenters. The molecule has 1 saturated heterocycles. The summed E-state index contributed by atoms with van der Waals surface area (Å²) in [5.74, 6) is 0.978. The van der Waals surface area contributed by atoms with E-state index in [9.17, 15) is 4.79 Å². The molecule has 2 heterocycles. The number of hydrogen-bond acceptors (Lipinski definition) is 4. The Kier molecular flexibility index (Phi) is 6.71. The Bertz CT molecular complexity index is 658. The molecule has 2 amide bonds. The fourth-order valence-electron chi connectivity index (χ4n) is 2.64. The van der Waals surface area contributed by atoms with Crippen LogP contribution in [0.2, 0.25) is 0 Å². The molecule has 25 heavy (non-hydrogen) atoms. The second kappa shape index (κ2) is 9.44. The molecule has 3 rings (SSSR count). The van der Waals surface area contributed by atoms with E-state index in [1.165, 1.54) is 4.90 Å². The van der Waals surface area contributed by atoms with Gasteiger partial charge < -0.3 is 15.4 Å². The average Bonchev–Trinajstić information content (AvgIpc) is 3.16. The number of nitrogens with zero attached hydrogens (tertiary/aromatic N) is 1. The fraction of sp³-hybridized carbons (Fsp3) is 0.368. The zero-order valence-corrected chi connectivity index (χ0v) is 14.9. The van der Waals surface area contributed by atoms with Crippen LogP contribution in [0, 0.1) is 0 Å². The van der Waals surface area contributed by atoms with Crippen molar-refractivity contribution >= 4 is 23.5 Å². The lowest BCUT2D eigenvalue weighted by atomic mass is 10.2. The smallest absolute Gasteiger partial charge is 0.319 e. The van der Waals surface area contributed by atoms with Gasteiger partial charge in [-0.15, -0.1) is 11.8 Å². The second-order valence-electron chi connectivity index (χ2n) is 5.91. The fourth-order valence-corrected chi connectivity index (χ4v) is 3.52. The minimum atomic E-state index is -0.189. The van der Waals surface area contributed by atoms with E-state index in [0.717, 1.165) is 43.0 Å². The number of aromatic nitrogens is 1. The number of carbonyl (C=O) groups excluding carboxylic acids is 1. The molecule has 2 N–H and O–H groups in total. The Labute approximate surface area is 152 Å². The van der Waals surface area contributed by atoms with Crippen LogP contribution >= 0.6 is 11.8 Å². The van der Waals surface area contributed by atoms with Gasteiger partial charge in [-0.2, -0.15) is 0 Å². The summed E-state index contributed by atoms with van der Waals surface area (Å²) in [6, 6.07) is 13.7. The van der Waals surface area contributed by atoms with Crippen molar-refractivity contribution in [2.75, 3.05) is 24.2 Å². The van der Waals surface area contributed by atoms with E-state index >= 15 is 0 Å². The third-order valence-electron chi connectivity index (χ3n) is 3.98. The molecule has 0 bridgehead atoms. The molecule has 2 aromatic rings. The number of carbonyl (C=O) groups is 1. The average molecular weight is 357 g/mol. The maximum absolute atomic E-state index is 11.9. The summed E-state index contributed by atoms with van der Waals surface area (Å²) in [6.07, 6.45) is 5.02. The van der Waals surface area contributed by atoms with Crippen LogP contribution in [0.1, 0.15) is 18.5 Å². The van der Waals surface area contributed by atoms with E-state index in [1.807, 2.05) is 48.7 Å². The third-order valence-corrected chi connectivity index (χ3v) is 4.99. The van der Waals surface area contributed by atoms with Crippen molar-refractivity contribution in [2.24, 2.45) is 0 Å². The highest BCUT2D eigenvalue weighted by Gasteiger charge is 2.15. The van der Waals surface area contributed by atoms with Crippen LogP contribution < -0.4 is 10.6 Å². The summed E-state index contributed by atoms with van der Waals surface area (Å²) >= 11 is 1.79. The Morgan fingerprint density at radius 3 is 2.84 bits per heavy atom. The Morgan fingerprint density at radius 1 is 1.24 bits per heavy atom. The van der Waals surface area contributed by atoms with Crippen molar-refractivity contribution in [3.05, 3.63) is 54.4 Å². The van der Waals surface area contributed by atoms with Crippen LogP contribution in [0.25, 0.3) is 0 Å². The molecule has 1 aromatic heterocycles. The number of pyridine rings is 1. The molecule has 1 aromatic carbocycles. The summed E-state index contributed by atoms with van der Waals surface area (Å²) in [7, 11) is 0. The van der Waals surface area contributed by atoms with E-state index < -0.39 is 0 Å². The van der Waals surface area contributed by atoms with E-state index in [1.54, 1.807) is 11.8 Å². The first kappa shape index (κ1) is 17.8. The maximum atomic E-state index is 11.9. The molecule has 1 fully saturated rings. The summed E-state index contributed by atoms with van der Waals surface area (Å²) < 4.78 is 5.49. The van der Waals surface area contributed by atoms with Crippen molar-refractivity contribution < 1.29 is 9.53 Å². The number of urea groups is 1. The Hall–Kier alpha value is -2.05. The molecule has 5 nitrogen and oxygen atoms in total. The number of amides is 2. The molecular formula is C19H23N3O2S. The molecule has 0 spiro atoms. The number of hydrogen-bond donors (Lipinski definition) is 2. The molecule has 0 saturated carbocycles. The summed E-state index contributed by atoms with van der Waals surface area (Å²) in [5, 5.41) is 5.70. The highest BCUT2D eigenvalue weighted by molar-refractivity contribution is 7.99. The van der Waals surface area contributed by atoms with Gasteiger partial charge in [-0.05, 0) is 55.7 Å². The molecule has 1 atom stereocenters. The van der Waals surface area contributed by atoms with Crippen LogP contribution in [-0.2, 0) is 11.2 Å². The molecule has 6 heteroatoms. The lowest BCUT2D eigenvalue weighted by molar-refractivity contribution is 0.112. The highest BCUT2D eigenvalue weighted by atomic mass is 32.2. The molecule has 0 radical (unpaired) electrons. The second-order valence-corrected chi connectivity index (χ2v) is 7.08. The van der Waals surface area contributed by atoms with Gasteiger partial charge >= 0.3 is 6.03 Å². The predicted molar refractivity (Wildman–Crippen MR) is 101 cm³/mol. The zero-order chi connectivity index (χ0) is 17.3. The van der Waals surface area contributed by atoms with Gasteiger partial charge in [-0.3, -0.25) is 4.98 Å². The summed E-state index contributed by atoms with van der Waals surface area (Å²) in [6.45, 7) is 1.36. The van der Waals surface area contributed by atoms with E-state index in [0.29, 0.717) is 6.54 Å². The van der Waals surface area contributed by atoms with Crippen molar-refractivity contribution in [3.63, 3.8) is 0 Å². The molecule has 1 aliphatic rings. The topological polar surface area (TPSA) is 63.2 Å². The van der Waals surface area contributed by atoms with E-state index in [-0.39, 0.29) is 12.1 Å². The van der Waals surface area contributed by atoms with Crippen molar-refractivity contribution in [1.29, 1.82) is 0 Å². The summed E-state index contributed by atoms with van der Waals surface area (Å²) in [4.78, 5) is 17.4. The first-order valence-electron chi connectivity index (χ1n) is 8.59. The number of ether oxygens (including phenoxy) is 1. The lowest BCUT2D eigenvalue weighted by Crippen LogP contribution is -2.34. The van der Waals surface area contributed by atoms with Crippen molar-refractivity contribution in [1.82, 2.24) is 10.3 Å². The van der Waals surface area contributed by atoms with E-state index in [2.05, 4.69) is 15.6 Å². The first-order chi connectivity index (χ1) is 12.3. The van der Waals surface area contributed by atoms with Gasteiger partial charge in [0.25, 0.3) is 0 Å². The van der Waals surface area contributed by atoms with Crippen LogP contribution in [0.15, 0.2) is 53.6 Å². The van der Waals surface area contributed by atoms with Crippen LogP contribution in [0.5, 0.6) is 0 Å². The van der Waals surface area contributed by atoms with Crippen molar-refractivity contribution in [3.8, 4) is 0 Å². The third kappa shape index (κ3) is 6.07. The van der Waals surface area contributed by atoms with Gasteiger partial charge in [-0.1, -0.05) is 6.07 Å². The number of thioether (sulfide) groups is 1. The molecular weight excluding hydrogens is 334 g/mol. The lowest BCUT2D eigenvalue weighted by Gasteiger charge is -2.12. The minimum Gasteiger partial charge on any atom is -0.376 e. The van der Waals surface area contributed by atoms with Gasteiger partial charge in [0.15, 0.2) is 0 Å². The zero-order valence-electron chi connectivity index (χ0n) is 14.1. The largest absolute Gasteiger partial charge is 0.376 e. The monoisotopic (exact) mass is 357 g/mol. The van der Waals surface area contributed by atoms with Gasteiger partial charge in [0.1, 0.15) is 0 Å². The van der Waals surface area contributed by atoms with Gasteiger partial charge in [-0.25, -0.2) is 4.79 Å². The number of anilines is 1. The van der Waals surface area contributed by atoms with Crippen LogP contribution in [0.3, 0.4) is 0 Å². The van der Waals surface area contributed by atoms with E-state index in [4.69, 9.17) is 4.74 Å². The number of benzene rings is 1. The highest BCUT2D eigenvalue weighted by Crippen LogP contribution is 2.21. The molecule has 1 aliphatic heterocycles. The Balaban J connectivity index is 1.38. The quantitative estimate of drug-likeness (QED) is 0.742. The minimum absolute atomic E-state index is 0.156. The molecule has 0 aliphatic carbocycles. The molecule has 132 valence electrons. The summed E-state index contributed by atoms with van der Waals surface area (Å²) in [5.41, 5.74) is 1.90.